The molecule has 0 atom stereocenters. The number of halogens is 1. The summed E-state index contributed by atoms with van der Waals surface area (Å²) in [6.07, 6.45) is 1.76. The lowest BCUT2D eigenvalue weighted by molar-refractivity contribution is 0.465. The van der Waals surface area contributed by atoms with Crippen LogP contribution in [0.4, 0.5) is 11.5 Å². The molecule has 0 bridgehead atoms. The highest BCUT2D eigenvalue weighted by molar-refractivity contribution is 9.10. The summed E-state index contributed by atoms with van der Waals surface area (Å²) in [4.78, 5) is 6.27. The summed E-state index contributed by atoms with van der Waals surface area (Å²) in [5, 5.41) is 13.2. The first-order valence-corrected chi connectivity index (χ1v) is 6.71. The van der Waals surface area contributed by atoms with E-state index in [0.29, 0.717) is 11.0 Å². The molecule has 0 spiro atoms. The van der Waals surface area contributed by atoms with E-state index < -0.39 is 0 Å². The SMILES string of the molecule is CN(C)c1ncccc1NCc1cccc(Br)c1O. The van der Waals surface area contributed by atoms with Gasteiger partial charge in [-0.2, -0.15) is 0 Å². The molecule has 0 unspecified atom stereocenters. The first kappa shape index (κ1) is 13.7. The number of nitrogens with zero attached hydrogens (tertiary/aromatic N) is 2. The number of phenols is 1. The zero-order valence-corrected chi connectivity index (χ0v) is 12.5. The zero-order chi connectivity index (χ0) is 13.8. The molecular weight excluding hydrogens is 306 g/mol. The van der Waals surface area contributed by atoms with E-state index in [1.807, 2.05) is 49.3 Å². The lowest BCUT2D eigenvalue weighted by Crippen LogP contribution is -2.13. The van der Waals surface area contributed by atoms with Crippen LogP contribution < -0.4 is 10.2 Å². The first-order chi connectivity index (χ1) is 9.09. The van der Waals surface area contributed by atoms with Gasteiger partial charge in [0.2, 0.25) is 0 Å². The van der Waals surface area contributed by atoms with Crippen molar-refractivity contribution in [1.29, 1.82) is 0 Å². The Balaban J connectivity index is 2.17. The smallest absolute Gasteiger partial charge is 0.151 e. The Morgan fingerprint density at radius 3 is 2.79 bits per heavy atom. The van der Waals surface area contributed by atoms with E-state index in [0.717, 1.165) is 17.1 Å². The maximum atomic E-state index is 9.94. The van der Waals surface area contributed by atoms with Crippen molar-refractivity contribution in [3.8, 4) is 5.75 Å². The number of anilines is 2. The number of benzene rings is 1. The van der Waals surface area contributed by atoms with E-state index in [-0.39, 0.29) is 5.75 Å². The zero-order valence-electron chi connectivity index (χ0n) is 10.9. The number of hydrogen-bond donors (Lipinski definition) is 2. The molecule has 5 heteroatoms. The third-order valence-corrected chi connectivity index (χ3v) is 3.39. The summed E-state index contributed by atoms with van der Waals surface area (Å²) >= 11 is 3.31. The average Bonchev–Trinajstić information content (AvgIpc) is 2.40. The van der Waals surface area contributed by atoms with Gasteiger partial charge < -0.3 is 15.3 Å². The van der Waals surface area contributed by atoms with Crippen LogP contribution in [0.25, 0.3) is 0 Å². The van der Waals surface area contributed by atoms with Gasteiger partial charge in [-0.15, -0.1) is 0 Å². The summed E-state index contributed by atoms with van der Waals surface area (Å²) in [6.45, 7) is 0.539. The molecule has 1 heterocycles. The van der Waals surface area contributed by atoms with Crippen LogP contribution in [0, 0.1) is 0 Å². The first-order valence-electron chi connectivity index (χ1n) is 5.92. The van der Waals surface area contributed by atoms with Gasteiger partial charge in [0.1, 0.15) is 5.75 Å². The molecule has 0 saturated heterocycles. The van der Waals surface area contributed by atoms with Crippen molar-refractivity contribution in [3.05, 3.63) is 46.6 Å². The summed E-state index contributed by atoms with van der Waals surface area (Å²) < 4.78 is 0.700. The van der Waals surface area contributed by atoms with Gasteiger partial charge in [-0.05, 0) is 34.1 Å². The van der Waals surface area contributed by atoms with Crippen molar-refractivity contribution < 1.29 is 5.11 Å². The topological polar surface area (TPSA) is 48.4 Å². The van der Waals surface area contributed by atoms with Crippen molar-refractivity contribution in [2.75, 3.05) is 24.3 Å². The standard InChI is InChI=1S/C14H16BrN3O/c1-18(2)14-12(7-4-8-16-14)17-9-10-5-3-6-11(15)13(10)19/h3-8,17,19H,9H2,1-2H3. The number of phenolic OH excluding ortho intramolecular Hbond substituents is 1. The third-order valence-electron chi connectivity index (χ3n) is 2.75. The molecule has 2 rings (SSSR count). The molecule has 0 aliphatic heterocycles. The molecule has 19 heavy (non-hydrogen) atoms. The van der Waals surface area contributed by atoms with Crippen molar-refractivity contribution in [2.24, 2.45) is 0 Å². The van der Waals surface area contributed by atoms with E-state index in [9.17, 15) is 5.11 Å². The number of aromatic nitrogens is 1. The molecule has 0 radical (unpaired) electrons. The summed E-state index contributed by atoms with van der Waals surface area (Å²) in [5.41, 5.74) is 1.77. The Kier molecular flexibility index (Phi) is 4.27. The van der Waals surface area contributed by atoms with Crippen LogP contribution in [0.1, 0.15) is 5.56 Å². The Labute approximate surface area is 121 Å². The second kappa shape index (κ2) is 5.93. The van der Waals surface area contributed by atoms with Crippen LogP contribution >= 0.6 is 15.9 Å². The highest BCUT2D eigenvalue weighted by atomic mass is 79.9. The molecule has 0 aliphatic carbocycles. The van der Waals surface area contributed by atoms with E-state index in [1.54, 1.807) is 6.20 Å². The molecule has 2 aromatic rings. The van der Waals surface area contributed by atoms with Crippen LogP contribution in [0.15, 0.2) is 41.0 Å². The molecule has 0 saturated carbocycles. The van der Waals surface area contributed by atoms with E-state index in [1.165, 1.54) is 0 Å². The minimum atomic E-state index is 0.269. The fourth-order valence-corrected chi connectivity index (χ4v) is 2.19. The third kappa shape index (κ3) is 3.17. The number of para-hydroxylation sites is 1. The van der Waals surface area contributed by atoms with Crippen LogP contribution in [0.5, 0.6) is 5.75 Å². The number of hydrogen-bond acceptors (Lipinski definition) is 4. The van der Waals surface area contributed by atoms with Gasteiger partial charge in [-0.1, -0.05) is 12.1 Å². The second-order valence-electron chi connectivity index (χ2n) is 4.37. The number of nitrogens with one attached hydrogen (secondary N) is 1. The maximum absolute atomic E-state index is 9.94. The minimum absolute atomic E-state index is 0.269. The highest BCUT2D eigenvalue weighted by Crippen LogP contribution is 2.29. The summed E-state index contributed by atoms with van der Waals surface area (Å²) in [7, 11) is 3.90. The molecule has 2 N–H and O–H groups in total. The van der Waals surface area contributed by atoms with Gasteiger partial charge in [0.25, 0.3) is 0 Å². The number of pyridine rings is 1. The Hall–Kier alpha value is -1.75. The Bertz CT molecular complexity index is 572. The van der Waals surface area contributed by atoms with E-state index in [2.05, 4.69) is 26.2 Å². The summed E-state index contributed by atoms with van der Waals surface area (Å²) in [6, 6.07) is 9.46. The van der Waals surface area contributed by atoms with Gasteiger partial charge in [0.15, 0.2) is 5.82 Å². The van der Waals surface area contributed by atoms with Crippen molar-refractivity contribution in [3.63, 3.8) is 0 Å². The second-order valence-corrected chi connectivity index (χ2v) is 5.22. The van der Waals surface area contributed by atoms with Crippen molar-refractivity contribution >= 4 is 27.4 Å². The molecule has 0 fully saturated rings. The molecule has 1 aromatic heterocycles. The monoisotopic (exact) mass is 321 g/mol. The van der Waals surface area contributed by atoms with Gasteiger partial charge >= 0.3 is 0 Å². The summed E-state index contributed by atoms with van der Waals surface area (Å²) in [5.74, 6) is 1.14. The van der Waals surface area contributed by atoms with E-state index in [4.69, 9.17) is 0 Å². The number of aromatic hydroxyl groups is 1. The predicted octanol–water partition coefficient (Wildman–Crippen LogP) is 3.23. The fraction of sp³-hybridized carbons (Fsp3) is 0.214. The molecule has 100 valence electrons. The van der Waals surface area contributed by atoms with Crippen LogP contribution in [0.2, 0.25) is 0 Å². The van der Waals surface area contributed by atoms with Gasteiger partial charge in [-0.25, -0.2) is 4.98 Å². The molecule has 0 amide bonds. The van der Waals surface area contributed by atoms with Crippen LogP contribution in [-0.2, 0) is 6.54 Å². The van der Waals surface area contributed by atoms with Crippen LogP contribution in [0.3, 0.4) is 0 Å². The van der Waals surface area contributed by atoms with E-state index >= 15 is 0 Å². The molecule has 4 nitrogen and oxygen atoms in total. The normalized spacial score (nSPS) is 10.3. The average molecular weight is 322 g/mol. The molecule has 1 aromatic carbocycles. The fourth-order valence-electron chi connectivity index (χ4n) is 1.78. The Morgan fingerprint density at radius 2 is 2.05 bits per heavy atom. The van der Waals surface area contributed by atoms with Gasteiger partial charge in [0.05, 0.1) is 10.2 Å². The number of rotatable bonds is 4. The quantitative estimate of drug-likeness (QED) is 0.907. The largest absolute Gasteiger partial charge is 0.506 e. The van der Waals surface area contributed by atoms with Crippen LogP contribution in [-0.4, -0.2) is 24.2 Å². The van der Waals surface area contributed by atoms with Gasteiger partial charge in [0, 0.05) is 32.4 Å². The predicted molar refractivity (Wildman–Crippen MR) is 81.7 cm³/mol. The van der Waals surface area contributed by atoms with Crippen molar-refractivity contribution in [1.82, 2.24) is 4.98 Å². The highest BCUT2D eigenvalue weighted by Gasteiger charge is 2.07. The minimum Gasteiger partial charge on any atom is -0.506 e. The molecule has 0 aliphatic rings. The lowest BCUT2D eigenvalue weighted by atomic mass is 10.2. The van der Waals surface area contributed by atoms with Crippen molar-refractivity contribution in [2.45, 2.75) is 6.54 Å². The maximum Gasteiger partial charge on any atom is 0.151 e. The molecular formula is C14H16BrN3O. The lowest BCUT2D eigenvalue weighted by Gasteiger charge is -2.17. The Morgan fingerprint density at radius 1 is 1.26 bits per heavy atom. The van der Waals surface area contributed by atoms with Gasteiger partial charge in [-0.3, -0.25) is 0 Å².